The van der Waals surface area contributed by atoms with Crippen molar-refractivity contribution < 1.29 is 18.8 Å². The van der Waals surface area contributed by atoms with Crippen molar-refractivity contribution in [2.45, 2.75) is 12.5 Å². The van der Waals surface area contributed by atoms with E-state index in [2.05, 4.69) is 10.5 Å². The van der Waals surface area contributed by atoms with Gasteiger partial charge in [-0.2, -0.15) is 0 Å². The highest BCUT2D eigenvalue weighted by Crippen LogP contribution is 2.21. The van der Waals surface area contributed by atoms with Gasteiger partial charge in [0, 0.05) is 11.6 Å². The number of nitrogens with zero attached hydrogens (tertiary/aromatic N) is 1. The second-order valence-corrected chi connectivity index (χ2v) is 5.38. The number of rotatable bonds is 5. The van der Waals surface area contributed by atoms with Crippen LogP contribution in [0.4, 0.5) is 0 Å². The van der Waals surface area contributed by atoms with Gasteiger partial charge in [-0.1, -0.05) is 35.5 Å². The Balaban J connectivity index is 1.66. The van der Waals surface area contributed by atoms with Gasteiger partial charge in [0.05, 0.1) is 12.8 Å². The van der Waals surface area contributed by atoms with Gasteiger partial charge in [0.25, 0.3) is 5.91 Å². The number of furan rings is 1. The number of amides is 1. The zero-order valence-electron chi connectivity index (χ0n) is 12.5. The third-order valence-electron chi connectivity index (χ3n) is 3.45. The molecule has 0 spiro atoms. The first-order valence-corrected chi connectivity index (χ1v) is 7.13. The van der Waals surface area contributed by atoms with Crippen LogP contribution in [-0.4, -0.2) is 22.7 Å². The zero-order chi connectivity index (χ0) is 16.3. The van der Waals surface area contributed by atoms with E-state index in [9.17, 15) is 9.90 Å². The number of aromatic nitrogens is 1. The van der Waals surface area contributed by atoms with E-state index in [4.69, 9.17) is 8.94 Å². The van der Waals surface area contributed by atoms with Crippen LogP contribution in [0.5, 0.6) is 0 Å². The molecule has 1 atom stereocenters. The summed E-state index contributed by atoms with van der Waals surface area (Å²) >= 11 is 0. The summed E-state index contributed by atoms with van der Waals surface area (Å²) < 4.78 is 10.3. The number of carbonyl (C=O) groups is 1. The molecule has 0 radical (unpaired) electrons. The summed E-state index contributed by atoms with van der Waals surface area (Å²) in [5, 5.41) is 16.7. The average Bonchev–Trinajstić information content (AvgIpc) is 3.25. The van der Waals surface area contributed by atoms with E-state index in [0.717, 1.165) is 5.56 Å². The second kappa shape index (κ2) is 6.10. The third-order valence-corrected chi connectivity index (χ3v) is 3.45. The number of nitrogens with one attached hydrogen (secondary N) is 1. The van der Waals surface area contributed by atoms with E-state index in [1.54, 1.807) is 25.1 Å². The Kier molecular flexibility index (Phi) is 3.99. The van der Waals surface area contributed by atoms with Crippen LogP contribution in [-0.2, 0) is 5.60 Å². The van der Waals surface area contributed by atoms with E-state index in [0.29, 0.717) is 11.5 Å². The molecule has 23 heavy (non-hydrogen) atoms. The maximum atomic E-state index is 12.1. The first-order valence-electron chi connectivity index (χ1n) is 7.13. The van der Waals surface area contributed by atoms with Gasteiger partial charge in [0.15, 0.2) is 11.5 Å². The van der Waals surface area contributed by atoms with E-state index in [1.807, 2.05) is 30.3 Å². The molecule has 0 fully saturated rings. The first-order chi connectivity index (χ1) is 11.1. The van der Waals surface area contributed by atoms with Gasteiger partial charge in [-0.05, 0) is 19.1 Å². The van der Waals surface area contributed by atoms with Gasteiger partial charge < -0.3 is 19.4 Å². The van der Waals surface area contributed by atoms with E-state index in [1.165, 1.54) is 6.26 Å². The van der Waals surface area contributed by atoms with Gasteiger partial charge in [-0.15, -0.1) is 0 Å². The minimum atomic E-state index is -1.30. The van der Waals surface area contributed by atoms with Crippen molar-refractivity contribution in [2.75, 3.05) is 6.54 Å². The van der Waals surface area contributed by atoms with Crippen molar-refractivity contribution >= 4 is 5.91 Å². The molecule has 2 aromatic heterocycles. The number of benzene rings is 1. The van der Waals surface area contributed by atoms with Gasteiger partial charge in [-0.3, -0.25) is 4.79 Å². The lowest BCUT2D eigenvalue weighted by Gasteiger charge is -2.20. The largest absolute Gasteiger partial charge is 0.466 e. The quantitative estimate of drug-likeness (QED) is 0.756. The van der Waals surface area contributed by atoms with E-state index < -0.39 is 11.5 Å². The maximum absolute atomic E-state index is 12.1. The summed E-state index contributed by atoms with van der Waals surface area (Å²) in [5.74, 6) is 0.458. The molecule has 2 heterocycles. The Labute approximate surface area is 132 Å². The minimum Gasteiger partial charge on any atom is -0.466 e. The lowest BCUT2D eigenvalue weighted by molar-refractivity contribution is 0.0329. The van der Waals surface area contributed by atoms with Crippen LogP contribution in [0, 0.1) is 0 Å². The van der Waals surface area contributed by atoms with E-state index in [-0.39, 0.29) is 12.2 Å². The SMILES string of the molecule is C[C@@](O)(CNC(=O)c1cc(-c2ccccc2)on1)c1ccco1. The van der Waals surface area contributed by atoms with Crippen molar-refractivity contribution in [2.24, 2.45) is 0 Å². The highest BCUT2D eigenvalue weighted by Gasteiger charge is 2.27. The van der Waals surface area contributed by atoms with Crippen LogP contribution in [0.1, 0.15) is 23.2 Å². The fourth-order valence-electron chi connectivity index (χ4n) is 2.14. The topological polar surface area (TPSA) is 88.5 Å². The van der Waals surface area contributed by atoms with Crippen molar-refractivity contribution in [3.05, 3.63) is 66.2 Å². The number of hydrogen-bond donors (Lipinski definition) is 2. The number of carbonyl (C=O) groups excluding carboxylic acids is 1. The Morgan fingerprint density at radius 1 is 1.26 bits per heavy atom. The smallest absolute Gasteiger partial charge is 0.273 e. The Hall–Kier alpha value is -2.86. The standard InChI is InChI=1S/C17H16N2O4/c1-17(21,15-8-5-9-22-15)11-18-16(20)13-10-14(23-19-13)12-6-3-2-4-7-12/h2-10,21H,11H2,1H3,(H,18,20)/t17-/m1/s1. The molecular formula is C17H16N2O4. The van der Waals surface area contributed by atoms with Crippen molar-refractivity contribution in [1.29, 1.82) is 0 Å². The molecule has 6 heteroatoms. The molecule has 2 N–H and O–H groups in total. The Bertz CT molecular complexity index is 776. The van der Waals surface area contributed by atoms with Crippen LogP contribution >= 0.6 is 0 Å². The molecule has 6 nitrogen and oxygen atoms in total. The fraction of sp³-hybridized carbons (Fsp3) is 0.176. The average molecular weight is 312 g/mol. The summed E-state index contributed by atoms with van der Waals surface area (Å²) in [4.78, 5) is 12.1. The predicted molar refractivity (Wildman–Crippen MR) is 82.6 cm³/mol. The van der Waals surface area contributed by atoms with Crippen molar-refractivity contribution in [3.8, 4) is 11.3 Å². The second-order valence-electron chi connectivity index (χ2n) is 5.38. The lowest BCUT2D eigenvalue weighted by Crippen LogP contribution is -2.38. The van der Waals surface area contributed by atoms with Gasteiger partial charge in [-0.25, -0.2) is 0 Å². The van der Waals surface area contributed by atoms with Gasteiger partial charge >= 0.3 is 0 Å². The van der Waals surface area contributed by atoms with E-state index >= 15 is 0 Å². The molecule has 3 aromatic rings. The summed E-state index contributed by atoms with van der Waals surface area (Å²) in [6.07, 6.45) is 1.47. The summed E-state index contributed by atoms with van der Waals surface area (Å²) in [6, 6.07) is 14.3. The molecule has 0 saturated heterocycles. The van der Waals surface area contributed by atoms with Gasteiger partial charge in [0.2, 0.25) is 0 Å². The molecule has 0 saturated carbocycles. The molecule has 0 aliphatic carbocycles. The molecule has 0 aliphatic heterocycles. The highest BCUT2D eigenvalue weighted by molar-refractivity contribution is 5.93. The molecule has 118 valence electrons. The Morgan fingerprint density at radius 2 is 2.04 bits per heavy atom. The number of aliphatic hydroxyl groups is 1. The normalized spacial score (nSPS) is 13.5. The molecular weight excluding hydrogens is 296 g/mol. The monoisotopic (exact) mass is 312 g/mol. The van der Waals surface area contributed by atoms with Crippen LogP contribution in [0.2, 0.25) is 0 Å². The first kappa shape index (κ1) is 15.1. The maximum Gasteiger partial charge on any atom is 0.273 e. The molecule has 1 aromatic carbocycles. The Morgan fingerprint density at radius 3 is 2.74 bits per heavy atom. The van der Waals surface area contributed by atoms with Crippen molar-refractivity contribution in [3.63, 3.8) is 0 Å². The van der Waals surface area contributed by atoms with Crippen LogP contribution in [0.3, 0.4) is 0 Å². The summed E-state index contributed by atoms with van der Waals surface area (Å²) in [6.45, 7) is 1.55. The molecule has 0 bridgehead atoms. The number of hydrogen-bond acceptors (Lipinski definition) is 5. The minimum absolute atomic E-state index is 0.00707. The zero-order valence-corrected chi connectivity index (χ0v) is 12.5. The van der Waals surface area contributed by atoms with Crippen LogP contribution in [0.15, 0.2) is 63.7 Å². The van der Waals surface area contributed by atoms with Crippen molar-refractivity contribution in [1.82, 2.24) is 10.5 Å². The molecule has 1 amide bonds. The highest BCUT2D eigenvalue weighted by atomic mass is 16.5. The van der Waals surface area contributed by atoms with Crippen LogP contribution in [0.25, 0.3) is 11.3 Å². The molecule has 0 unspecified atom stereocenters. The van der Waals surface area contributed by atoms with Gasteiger partial charge in [0.1, 0.15) is 11.4 Å². The molecule has 3 rings (SSSR count). The summed E-state index contributed by atoms with van der Waals surface area (Å²) in [5.41, 5.74) is -0.314. The molecule has 0 aliphatic rings. The fourth-order valence-corrected chi connectivity index (χ4v) is 2.14. The predicted octanol–water partition coefficient (Wildman–Crippen LogP) is 2.57. The third kappa shape index (κ3) is 3.32. The lowest BCUT2D eigenvalue weighted by atomic mass is 10.0. The summed E-state index contributed by atoms with van der Waals surface area (Å²) in [7, 11) is 0. The van der Waals surface area contributed by atoms with Crippen LogP contribution < -0.4 is 5.32 Å².